The second-order valence-corrected chi connectivity index (χ2v) is 8.89. The number of carbonyl (C=O) groups is 1. The SMILES string of the molecule is COc1ccc([C@H](Cc2c(Cl)c[n+]([O-])cc2Cl)c2cc(CCO)sc2C(=O)O)cc1OC. The van der Waals surface area contributed by atoms with Gasteiger partial charge in [0.1, 0.15) is 14.9 Å². The number of hydrogen-bond donors (Lipinski definition) is 2. The highest BCUT2D eigenvalue weighted by Crippen LogP contribution is 2.40. The molecule has 0 aliphatic rings. The number of pyridine rings is 1. The molecule has 0 spiro atoms. The van der Waals surface area contributed by atoms with Crippen molar-refractivity contribution in [3.05, 3.63) is 78.4 Å². The first kappa shape index (κ1) is 24.1. The van der Waals surface area contributed by atoms with Crippen LogP contribution in [0.5, 0.6) is 11.5 Å². The van der Waals surface area contributed by atoms with Crippen molar-refractivity contribution in [3.8, 4) is 11.5 Å². The Hall–Kier alpha value is -2.52. The molecule has 0 fully saturated rings. The summed E-state index contributed by atoms with van der Waals surface area (Å²) in [6, 6.07) is 7.11. The fourth-order valence-electron chi connectivity index (χ4n) is 3.52. The number of halogens is 2. The van der Waals surface area contributed by atoms with Crippen LogP contribution in [0.15, 0.2) is 36.7 Å². The van der Waals surface area contributed by atoms with Crippen LogP contribution in [0.25, 0.3) is 0 Å². The van der Waals surface area contributed by atoms with Gasteiger partial charge in [0.2, 0.25) is 0 Å². The summed E-state index contributed by atoms with van der Waals surface area (Å²) < 4.78 is 11.3. The monoisotopic (exact) mass is 497 g/mol. The zero-order chi connectivity index (χ0) is 23.4. The van der Waals surface area contributed by atoms with Gasteiger partial charge in [-0.3, -0.25) is 0 Å². The van der Waals surface area contributed by atoms with Gasteiger partial charge in [0.05, 0.1) is 14.2 Å². The molecule has 3 aromatic rings. The van der Waals surface area contributed by atoms with Gasteiger partial charge in [0, 0.05) is 29.4 Å². The largest absolute Gasteiger partial charge is 0.619 e. The number of hydrogen-bond acceptors (Lipinski definition) is 6. The molecule has 10 heteroatoms. The normalized spacial score (nSPS) is 11.9. The van der Waals surface area contributed by atoms with E-state index in [0.29, 0.717) is 33.8 Å². The highest BCUT2D eigenvalue weighted by atomic mass is 35.5. The molecule has 3 rings (SSSR count). The Morgan fingerprint density at radius 2 is 1.81 bits per heavy atom. The first-order valence-corrected chi connectivity index (χ1v) is 11.1. The number of benzene rings is 1. The van der Waals surface area contributed by atoms with Crippen molar-refractivity contribution in [1.82, 2.24) is 0 Å². The molecule has 2 heterocycles. The Labute approximate surface area is 199 Å². The lowest BCUT2D eigenvalue weighted by molar-refractivity contribution is -0.605. The zero-order valence-corrected chi connectivity index (χ0v) is 19.6. The number of thiophene rings is 1. The van der Waals surface area contributed by atoms with Gasteiger partial charge < -0.3 is 24.9 Å². The second-order valence-electron chi connectivity index (χ2n) is 6.94. The summed E-state index contributed by atoms with van der Waals surface area (Å²) in [5.74, 6) is -0.521. The van der Waals surface area contributed by atoms with E-state index < -0.39 is 11.9 Å². The Morgan fingerprint density at radius 3 is 2.38 bits per heavy atom. The average Bonchev–Trinajstić information content (AvgIpc) is 3.17. The van der Waals surface area contributed by atoms with Crippen molar-refractivity contribution in [3.63, 3.8) is 0 Å². The van der Waals surface area contributed by atoms with Gasteiger partial charge in [-0.15, -0.1) is 11.3 Å². The molecule has 2 N–H and O–H groups in total. The number of aromatic nitrogens is 1. The molecule has 1 atom stereocenters. The standard InChI is InChI=1S/C22H21Cl2NO6S/c1-30-19-4-3-12(7-20(19)31-2)14(9-16-17(23)10-25(29)11-18(16)24)15-8-13(5-6-26)32-21(15)22(27)28/h3-4,7-8,10-11,14,26H,5-6,9H2,1-2H3,(H,27,28)/t14-/m0/s1. The lowest BCUT2D eigenvalue weighted by atomic mass is 9.85. The predicted octanol–water partition coefficient (Wildman–Crippen LogP) is 4.31. The zero-order valence-electron chi connectivity index (χ0n) is 17.3. The molecular formula is C22H21Cl2NO6S. The van der Waals surface area contributed by atoms with E-state index in [2.05, 4.69) is 0 Å². The highest BCUT2D eigenvalue weighted by molar-refractivity contribution is 7.14. The summed E-state index contributed by atoms with van der Waals surface area (Å²) in [5, 5.41) is 31.2. The third-order valence-electron chi connectivity index (χ3n) is 5.02. The van der Waals surface area contributed by atoms with Gasteiger partial charge in [0.25, 0.3) is 0 Å². The molecule has 1 aromatic carbocycles. The van der Waals surface area contributed by atoms with Crippen molar-refractivity contribution >= 4 is 40.5 Å². The summed E-state index contributed by atoms with van der Waals surface area (Å²) in [6.07, 6.45) is 2.99. The number of aliphatic hydroxyl groups excluding tert-OH is 1. The van der Waals surface area contributed by atoms with Gasteiger partial charge in [-0.1, -0.05) is 29.3 Å². The number of ether oxygens (including phenoxy) is 2. The summed E-state index contributed by atoms with van der Waals surface area (Å²) in [6.45, 7) is -0.0973. The average molecular weight is 498 g/mol. The first-order valence-electron chi connectivity index (χ1n) is 9.54. The smallest absolute Gasteiger partial charge is 0.346 e. The molecule has 0 unspecified atom stereocenters. The Kier molecular flexibility index (Phi) is 7.84. The summed E-state index contributed by atoms with van der Waals surface area (Å²) >= 11 is 13.8. The number of methoxy groups -OCH3 is 2. The third-order valence-corrected chi connectivity index (χ3v) is 6.87. The van der Waals surface area contributed by atoms with E-state index in [1.165, 1.54) is 26.6 Å². The molecule has 0 amide bonds. The van der Waals surface area contributed by atoms with Gasteiger partial charge in [-0.05, 0) is 35.7 Å². The maximum atomic E-state index is 12.0. The molecular weight excluding hydrogens is 477 g/mol. The van der Waals surface area contributed by atoms with Gasteiger partial charge >= 0.3 is 5.97 Å². The van der Waals surface area contributed by atoms with Crippen LogP contribution < -0.4 is 14.2 Å². The van der Waals surface area contributed by atoms with E-state index in [9.17, 15) is 20.2 Å². The molecule has 7 nitrogen and oxygen atoms in total. The van der Waals surface area contributed by atoms with Gasteiger partial charge in [-0.2, -0.15) is 4.73 Å². The number of carboxylic acid groups (broad SMARTS) is 1. The molecule has 0 aliphatic heterocycles. The van der Waals surface area contributed by atoms with Crippen LogP contribution in [-0.2, 0) is 12.8 Å². The molecule has 2 aromatic heterocycles. The number of carboxylic acids is 1. The number of aliphatic hydroxyl groups is 1. The molecule has 0 saturated carbocycles. The van der Waals surface area contributed by atoms with Crippen LogP contribution >= 0.6 is 34.5 Å². The van der Waals surface area contributed by atoms with Crippen LogP contribution in [0.3, 0.4) is 0 Å². The molecule has 0 radical (unpaired) electrons. The van der Waals surface area contributed by atoms with Crippen LogP contribution in [0.4, 0.5) is 0 Å². The minimum absolute atomic E-state index is 0.0973. The Balaban J connectivity index is 2.20. The van der Waals surface area contributed by atoms with Gasteiger partial charge in [-0.25, -0.2) is 4.79 Å². The maximum Gasteiger partial charge on any atom is 0.346 e. The van der Waals surface area contributed by atoms with Crippen LogP contribution in [-0.4, -0.2) is 37.0 Å². The maximum absolute atomic E-state index is 12.0. The fourth-order valence-corrected chi connectivity index (χ4v) is 5.17. The Bertz CT molecular complexity index is 1110. The number of rotatable bonds is 9. The summed E-state index contributed by atoms with van der Waals surface area (Å²) in [7, 11) is 3.04. The minimum atomic E-state index is -1.07. The van der Waals surface area contributed by atoms with Crippen molar-refractivity contribution in [1.29, 1.82) is 0 Å². The fraction of sp³-hybridized carbons (Fsp3) is 0.273. The summed E-state index contributed by atoms with van der Waals surface area (Å²) in [5.41, 5.74) is 1.83. The predicted molar refractivity (Wildman–Crippen MR) is 123 cm³/mol. The van der Waals surface area contributed by atoms with E-state index in [0.717, 1.165) is 21.8 Å². The number of aromatic carboxylic acids is 1. The van der Waals surface area contributed by atoms with Crippen LogP contribution in [0.1, 0.15) is 37.2 Å². The molecule has 0 aliphatic carbocycles. The first-order chi connectivity index (χ1) is 15.3. The van der Waals surface area contributed by atoms with E-state index in [1.807, 2.05) is 6.07 Å². The lowest BCUT2D eigenvalue weighted by Crippen LogP contribution is -2.25. The quantitative estimate of drug-likeness (QED) is 0.337. The summed E-state index contributed by atoms with van der Waals surface area (Å²) in [4.78, 5) is 12.9. The number of nitrogens with zero attached hydrogens (tertiary/aromatic N) is 1. The molecule has 0 bridgehead atoms. The van der Waals surface area contributed by atoms with Crippen molar-refractivity contribution in [2.45, 2.75) is 18.8 Å². The van der Waals surface area contributed by atoms with Crippen molar-refractivity contribution in [2.75, 3.05) is 20.8 Å². The topological polar surface area (TPSA) is 103 Å². The molecule has 170 valence electrons. The van der Waals surface area contributed by atoms with E-state index in [4.69, 9.17) is 32.7 Å². The lowest BCUT2D eigenvalue weighted by Gasteiger charge is -2.20. The van der Waals surface area contributed by atoms with E-state index in [1.54, 1.807) is 18.2 Å². The van der Waals surface area contributed by atoms with Crippen LogP contribution in [0, 0.1) is 5.21 Å². The highest BCUT2D eigenvalue weighted by Gasteiger charge is 2.27. The Morgan fingerprint density at radius 1 is 1.16 bits per heavy atom. The van der Waals surface area contributed by atoms with Gasteiger partial charge in [0.15, 0.2) is 23.9 Å². The van der Waals surface area contributed by atoms with E-state index in [-0.39, 0.29) is 28.0 Å². The molecule has 32 heavy (non-hydrogen) atoms. The van der Waals surface area contributed by atoms with Crippen molar-refractivity contribution < 1.29 is 29.2 Å². The second kappa shape index (κ2) is 10.4. The van der Waals surface area contributed by atoms with Crippen molar-refractivity contribution in [2.24, 2.45) is 0 Å². The third kappa shape index (κ3) is 5.10. The van der Waals surface area contributed by atoms with E-state index >= 15 is 0 Å². The minimum Gasteiger partial charge on any atom is -0.619 e. The van der Waals surface area contributed by atoms with Crippen LogP contribution in [0.2, 0.25) is 10.0 Å². The molecule has 0 saturated heterocycles.